The number of morpholine rings is 1. The summed E-state index contributed by atoms with van der Waals surface area (Å²) in [4.78, 5) is 33.5. The van der Waals surface area contributed by atoms with Crippen molar-refractivity contribution in [2.45, 2.75) is 25.1 Å². The molecule has 9 nitrogen and oxygen atoms in total. The highest BCUT2D eigenvalue weighted by Gasteiger charge is 2.42. The normalized spacial score (nSPS) is 17.7. The van der Waals surface area contributed by atoms with Gasteiger partial charge in [0, 0.05) is 25.2 Å². The number of benzene rings is 2. The van der Waals surface area contributed by atoms with Gasteiger partial charge in [-0.15, -0.1) is 0 Å². The Morgan fingerprint density at radius 2 is 1.94 bits per heavy atom. The molecule has 0 radical (unpaired) electrons. The van der Waals surface area contributed by atoms with Gasteiger partial charge in [-0.25, -0.2) is 9.67 Å². The van der Waals surface area contributed by atoms with Crippen molar-refractivity contribution in [2.24, 2.45) is 0 Å². The molecule has 2 heterocycles. The van der Waals surface area contributed by atoms with Crippen molar-refractivity contribution in [3.05, 3.63) is 77.8 Å². The molecule has 35 heavy (non-hydrogen) atoms. The van der Waals surface area contributed by atoms with E-state index in [9.17, 15) is 9.59 Å². The molecule has 0 unspecified atom stereocenters. The lowest BCUT2D eigenvalue weighted by Gasteiger charge is -2.42. The number of hydrogen-bond acceptors (Lipinski definition) is 6. The van der Waals surface area contributed by atoms with Gasteiger partial charge in [0.2, 0.25) is 11.8 Å². The topological polar surface area (TPSA) is 89.8 Å². The van der Waals surface area contributed by atoms with E-state index in [1.54, 1.807) is 41.1 Å². The summed E-state index contributed by atoms with van der Waals surface area (Å²) in [6.45, 7) is 1.58. The Hall–Kier alpha value is -3.43. The van der Waals surface area contributed by atoms with Gasteiger partial charge in [0.25, 0.3) is 0 Å². The number of carbonyl (C=O) groups excluding carboxylic acids is 2. The van der Waals surface area contributed by atoms with Gasteiger partial charge in [-0.3, -0.25) is 9.59 Å². The fourth-order valence-electron chi connectivity index (χ4n) is 3.96. The molecule has 2 amide bonds. The second-order valence-corrected chi connectivity index (χ2v) is 9.03. The van der Waals surface area contributed by atoms with Crippen LogP contribution in [-0.4, -0.2) is 75.3 Å². The molecular weight excluding hydrogens is 470 g/mol. The van der Waals surface area contributed by atoms with Crippen molar-refractivity contribution >= 4 is 23.4 Å². The summed E-state index contributed by atoms with van der Waals surface area (Å²) in [5, 5.41) is 4.61. The van der Waals surface area contributed by atoms with Crippen LogP contribution in [0.3, 0.4) is 0 Å². The van der Waals surface area contributed by atoms with Crippen molar-refractivity contribution in [1.82, 2.24) is 24.6 Å². The maximum absolute atomic E-state index is 13.3. The maximum Gasteiger partial charge on any atom is 0.244 e. The van der Waals surface area contributed by atoms with E-state index in [1.165, 1.54) is 17.3 Å². The fraction of sp³-hybridized carbons (Fsp3) is 0.360. The molecule has 3 aromatic rings. The minimum Gasteiger partial charge on any atom is -0.490 e. The van der Waals surface area contributed by atoms with Crippen LogP contribution in [0, 0.1) is 0 Å². The molecule has 0 aliphatic carbocycles. The van der Waals surface area contributed by atoms with E-state index in [0.29, 0.717) is 30.5 Å². The fourth-order valence-corrected chi connectivity index (χ4v) is 4.08. The SMILES string of the molecule is CN(Cc1ccccc1)C(=O)C[C@]1(COc2ccc(Cl)cc2)CN(C(=O)Cn2cncn2)CCO1. The lowest BCUT2D eigenvalue weighted by molar-refractivity contribution is -0.166. The van der Waals surface area contributed by atoms with Crippen LogP contribution in [0.4, 0.5) is 0 Å². The largest absolute Gasteiger partial charge is 0.490 e. The molecule has 1 aliphatic rings. The predicted octanol–water partition coefficient (Wildman–Crippen LogP) is 2.66. The standard InChI is InChI=1S/C25H28ClN5O4/c1-29(14-20-5-3-2-4-6-20)23(32)13-25(17-34-22-9-7-21(26)8-10-22)16-30(11-12-35-25)24(33)15-31-19-27-18-28-31/h2-10,18-19H,11-17H2,1H3/t25-/m1/s1. The lowest BCUT2D eigenvalue weighted by Crippen LogP contribution is -2.58. The number of aromatic nitrogens is 3. The van der Waals surface area contributed by atoms with Crippen LogP contribution in [0.25, 0.3) is 0 Å². The zero-order valence-electron chi connectivity index (χ0n) is 19.5. The lowest BCUT2D eigenvalue weighted by atomic mass is 9.96. The van der Waals surface area contributed by atoms with Crippen LogP contribution < -0.4 is 4.74 Å². The van der Waals surface area contributed by atoms with Crippen LogP contribution in [0.15, 0.2) is 67.3 Å². The Morgan fingerprint density at radius 3 is 2.66 bits per heavy atom. The second kappa shape index (κ2) is 11.3. The van der Waals surface area contributed by atoms with Crippen molar-refractivity contribution in [2.75, 3.05) is 33.4 Å². The molecule has 1 aliphatic heterocycles. The molecule has 184 valence electrons. The molecule has 1 atom stereocenters. The maximum atomic E-state index is 13.3. The monoisotopic (exact) mass is 497 g/mol. The highest BCUT2D eigenvalue weighted by molar-refractivity contribution is 6.30. The van der Waals surface area contributed by atoms with Gasteiger partial charge in [0.1, 0.15) is 37.2 Å². The Morgan fingerprint density at radius 1 is 1.17 bits per heavy atom. The van der Waals surface area contributed by atoms with Crippen LogP contribution >= 0.6 is 11.6 Å². The van der Waals surface area contributed by atoms with Crippen LogP contribution in [0.5, 0.6) is 5.75 Å². The molecule has 10 heteroatoms. The van der Waals surface area contributed by atoms with E-state index in [2.05, 4.69) is 10.1 Å². The van der Waals surface area contributed by atoms with E-state index in [0.717, 1.165) is 5.56 Å². The van der Waals surface area contributed by atoms with Gasteiger partial charge < -0.3 is 19.3 Å². The molecule has 1 fully saturated rings. The molecule has 0 saturated carbocycles. The van der Waals surface area contributed by atoms with E-state index >= 15 is 0 Å². The van der Waals surface area contributed by atoms with Gasteiger partial charge in [0.05, 0.1) is 19.6 Å². The summed E-state index contributed by atoms with van der Waals surface area (Å²) >= 11 is 5.98. The average molecular weight is 498 g/mol. The van der Waals surface area contributed by atoms with E-state index < -0.39 is 5.60 Å². The molecule has 0 spiro atoms. The van der Waals surface area contributed by atoms with Gasteiger partial charge in [0.15, 0.2) is 0 Å². The summed E-state index contributed by atoms with van der Waals surface area (Å²) in [7, 11) is 1.76. The quantitative estimate of drug-likeness (QED) is 0.451. The summed E-state index contributed by atoms with van der Waals surface area (Å²) in [6.07, 6.45) is 2.95. The van der Waals surface area contributed by atoms with Crippen LogP contribution in [0.1, 0.15) is 12.0 Å². The summed E-state index contributed by atoms with van der Waals surface area (Å²) in [6, 6.07) is 16.8. The number of hydrogen-bond donors (Lipinski definition) is 0. The zero-order valence-corrected chi connectivity index (χ0v) is 20.3. The minimum atomic E-state index is -1.00. The minimum absolute atomic E-state index is 0.0655. The van der Waals surface area contributed by atoms with Crippen molar-refractivity contribution in [3.8, 4) is 5.75 Å². The zero-order chi connectivity index (χ0) is 24.7. The number of rotatable bonds is 9. The molecular formula is C25H28ClN5O4. The number of carbonyl (C=O) groups is 2. The Kier molecular flexibility index (Phi) is 7.99. The van der Waals surface area contributed by atoms with Gasteiger partial charge >= 0.3 is 0 Å². The third-order valence-corrected chi connectivity index (χ3v) is 6.09. The van der Waals surface area contributed by atoms with Gasteiger partial charge in [-0.05, 0) is 29.8 Å². The van der Waals surface area contributed by atoms with Gasteiger partial charge in [-0.2, -0.15) is 5.10 Å². The highest BCUT2D eigenvalue weighted by atomic mass is 35.5. The smallest absolute Gasteiger partial charge is 0.244 e. The first-order valence-electron chi connectivity index (χ1n) is 11.3. The van der Waals surface area contributed by atoms with Crippen LogP contribution in [0.2, 0.25) is 5.02 Å². The Balaban J connectivity index is 1.48. The summed E-state index contributed by atoms with van der Waals surface area (Å²) in [5.41, 5.74) is 0.0295. The van der Waals surface area contributed by atoms with Gasteiger partial charge in [-0.1, -0.05) is 41.9 Å². The number of ether oxygens (including phenoxy) is 2. The first-order valence-corrected chi connectivity index (χ1v) is 11.7. The molecule has 1 saturated heterocycles. The predicted molar refractivity (Wildman–Crippen MR) is 130 cm³/mol. The third-order valence-electron chi connectivity index (χ3n) is 5.84. The number of halogens is 1. The van der Waals surface area contributed by atoms with Crippen molar-refractivity contribution < 1.29 is 19.1 Å². The number of nitrogens with zero attached hydrogens (tertiary/aromatic N) is 5. The van der Waals surface area contributed by atoms with E-state index in [4.69, 9.17) is 21.1 Å². The van der Waals surface area contributed by atoms with E-state index in [-0.39, 0.29) is 37.9 Å². The molecule has 1 aromatic heterocycles. The average Bonchev–Trinajstić information content (AvgIpc) is 3.37. The van der Waals surface area contributed by atoms with Crippen LogP contribution in [-0.2, 0) is 27.4 Å². The second-order valence-electron chi connectivity index (χ2n) is 8.59. The first-order chi connectivity index (χ1) is 16.9. The van der Waals surface area contributed by atoms with Crippen molar-refractivity contribution in [1.29, 1.82) is 0 Å². The Labute approximate surface area is 209 Å². The van der Waals surface area contributed by atoms with E-state index in [1.807, 2.05) is 30.3 Å². The molecule has 2 aromatic carbocycles. The number of amides is 2. The summed E-state index contributed by atoms with van der Waals surface area (Å²) < 4.78 is 13.7. The highest BCUT2D eigenvalue weighted by Crippen LogP contribution is 2.26. The first kappa shape index (κ1) is 24.7. The third kappa shape index (κ3) is 6.80. The molecule has 4 rings (SSSR count). The Bertz CT molecular complexity index is 1110. The summed E-state index contributed by atoms with van der Waals surface area (Å²) in [5.74, 6) is 0.382. The molecule has 0 N–H and O–H groups in total. The van der Waals surface area contributed by atoms with Crippen molar-refractivity contribution in [3.63, 3.8) is 0 Å². The molecule has 0 bridgehead atoms.